The van der Waals surface area contributed by atoms with E-state index in [9.17, 15) is 19.8 Å². The van der Waals surface area contributed by atoms with E-state index in [0.29, 0.717) is 34.5 Å². The molecule has 1 heterocycles. The Morgan fingerprint density at radius 2 is 1.68 bits per heavy atom. The lowest BCUT2D eigenvalue weighted by Gasteiger charge is -2.59. The van der Waals surface area contributed by atoms with Gasteiger partial charge in [0.25, 0.3) is 5.91 Å². The van der Waals surface area contributed by atoms with E-state index in [1.165, 1.54) is 0 Å². The van der Waals surface area contributed by atoms with Gasteiger partial charge in [-0.3, -0.25) is 14.6 Å². The Bertz CT molecular complexity index is 1620. The monoisotopic (exact) mass is 546 g/mol. The second-order valence-corrected chi connectivity index (χ2v) is 11.9. The van der Waals surface area contributed by atoms with Crippen LogP contribution in [0.25, 0.3) is 0 Å². The molecule has 2 aliphatic carbocycles. The number of hydrogen-bond acceptors (Lipinski definition) is 5. The van der Waals surface area contributed by atoms with Crippen LogP contribution in [0.4, 0.5) is 5.69 Å². The van der Waals surface area contributed by atoms with Crippen molar-refractivity contribution in [2.45, 2.75) is 56.1 Å². The maximum Gasteiger partial charge on any atom is 0.255 e. The minimum absolute atomic E-state index is 0.0575. The van der Waals surface area contributed by atoms with Gasteiger partial charge in [0.05, 0.1) is 17.0 Å². The van der Waals surface area contributed by atoms with Crippen molar-refractivity contribution < 1.29 is 19.8 Å². The highest BCUT2D eigenvalue weighted by atomic mass is 16.4. The molecule has 0 bridgehead atoms. The number of hydrogen-bond donors (Lipinski definition) is 3. The number of carbonyl (C=O) groups excluding carboxylic acids is 2. The molecule has 41 heavy (non-hydrogen) atoms. The fourth-order valence-corrected chi connectivity index (χ4v) is 7.16. The number of ketones is 1. The second-order valence-electron chi connectivity index (χ2n) is 11.9. The lowest BCUT2D eigenvalue weighted by molar-refractivity contribution is -0.203. The van der Waals surface area contributed by atoms with E-state index in [-0.39, 0.29) is 36.9 Å². The zero-order valence-electron chi connectivity index (χ0n) is 23.3. The zero-order chi connectivity index (χ0) is 28.8. The summed E-state index contributed by atoms with van der Waals surface area (Å²) in [6.45, 7) is 3.53. The smallest absolute Gasteiger partial charge is 0.255 e. The van der Waals surface area contributed by atoms with E-state index in [1.54, 1.807) is 37.4 Å². The minimum Gasteiger partial charge on any atom is -0.387 e. The number of amides is 1. The summed E-state index contributed by atoms with van der Waals surface area (Å²) >= 11 is 0. The molecule has 0 aliphatic heterocycles. The summed E-state index contributed by atoms with van der Waals surface area (Å²) in [5.41, 5.74) is 1.16. The molecule has 0 saturated heterocycles. The van der Waals surface area contributed by atoms with Gasteiger partial charge in [0.15, 0.2) is 5.78 Å². The van der Waals surface area contributed by atoms with Crippen molar-refractivity contribution >= 4 is 17.4 Å². The molecule has 3 N–H and O–H groups in total. The summed E-state index contributed by atoms with van der Waals surface area (Å²) < 4.78 is 0. The van der Waals surface area contributed by atoms with Gasteiger partial charge in [-0.15, -0.1) is 0 Å². The Hall–Kier alpha value is -4.13. The van der Waals surface area contributed by atoms with E-state index >= 15 is 0 Å². The number of fused-ring (bicyclic) bond motifs is 3. The average Bonchev–Trinajstić information content (AvgIpc) is 2.97. The van der Waals surface area contributed by atoms with Gasteiger partial charge in [-0.25, -0.2) is 0 Å². The molecule has 2 aliphatic rings. The SMILES string of the molecule is Cc1ncccc1NC(=O)c1ccc2c(c1)C(=O)C[C@@H]1C[C@@](O)(c3ccccc3)[C@](C)(O)CC21Cc1ccccc1. The molecule has 208 valence electrons. The Morgan fingerprint density at radius 3 is 2.39 bits per heavy atom. The molecule has 1 aromatic heterocycles. The van der Waals surface area contributed by atoms with Crippen molar-refractivity contribution in [1.82, 2.24) is 4.98 Å². The predicted octanol–water partition coefficient (Wildman–Crippen LogP) is 5.76. The summed E-state index contributed by atoms with van der Waals surface area (Å²) in [6, 6.07) is 28.2. The first-order valence-electron chi connectivity index (χ1n) is 14.1. The van der Waals surface area contributed by atoms with Gasteiger partial charge in [-0.05, 0) is 80.0 Å². The van der Waals surface area contributed by atoms with Gasteiger partial charge in [0.2, 0.25) is 0 Å². The number of aliphatic hydroxyl groups is 2. The van der Waals surface area contributed by atoms with Crippen LogP contribution in [-0.4, -0.2) is 32.5 Å². The molecule has 0 spiro atoms. The molecule has 6 nitrogen and oxygen atoms in total. The van der Waals surface area contributed by atoms with Crippen molar-refractivity contribution in [2.75, 3.05) is 5.32 Å². The van der Waals surface area contributed by atoms with Crippen LogP contribution in [-0.2, 0) is 17.4 Å². The van der Waals surface area contributed by atoms with Crippen molar-refractivity contribution in [3.8, 4) is 0 Å². The fourth-order valence-electron chi connectivity index (χ4n) is 7.16. The molecule has 1 fully saturated rings. The van der Waals surface area contributed by atoms with Gasteiger partial charge in [-0.2, -0.15) is 0 Å². The summed E-state index contributed by atoms with van der Waals surface area (Å²) in [5, 5.41) is 27.0. The molecule has 4 atom stereocenters. The van der Waals surface area contributed by atoms with Crippen LogP contribution < -0.4 is 5.32 Å². The number of anilines is 1. The van der Waals surface area contributed by atoms with Crippen molar-refractivity contribution in [1.29, 1.82) is 0 Å². The third kappa shape index (κ3) is 4.57. The Labute approximate surface area is 240 Å². The number of aryl methyl sites for hydroxylation is 1. The summed E-state index contributed by atoms with van der Waals surface area (Å²) in [5.74, 6) is -0.589. The van der Waals surface area contributed by atoms with E-state index in [1.807, 2.05) is 61.5 Å². The molecule has 6 heteroatoms. The highest BCUT2D eigenvalue weighted by molar-refractivity contribution is 6.07. The van der Waals surface area contributed by atoms with Gasteiger partial charge in [-0.1, -0.05) is 66.7 Å². The van der Waals surface area contributed by atoms with Crippen LogP contribution in [0.15, 0.2) is 97.2 Å². The molecule has 1 unspecified atom stereocenters. The van der Waals surface area contributed by atoms with Crippen LogP contribution in [0.2, 0.25) is 0 Å². The number of rotatable bonds is 5. The lowest BCUT2D eigenvalue weighted by atomic mass is 9.48. The molecule has 1 amide bonds. The molecular formula is C35H34N2O4. The highest BCUT2D eigenvalue weighted by Crippen LogP contribution is 2.59. The van der Waals surface area contributed by atoms with Crippen molar-refractivity contribution in [2.24, 2.45) is 5.92 Å². The molecule has 6 rings (SSSR count). The van der Waals surface area contributed by atoms with Crippen LogP contribution in [0.1, 0.15) is 69.3 Å². The first kappa shape index (κ1) is 27.1. The number of nitrogens with one attached hydrogen (secondary N) is 1. The number of aromatic nitrogens is 1. The Morgan fingerprint density at radius 1 is 0.976 bits per heavy atom. The van der Waals surface area contributed by atoms with E-state index in [4.69, 9.17) is 0 Å². The van der Waals surface area contributed by atoms with E-state index < -0.39 is 16.6 Å². The minimum atomic E-state index is -1.52. The normalized spacial score (nSPS) is 27.0. The topological polar surface area (TPSA) is 99.5 Å². The van der Waals surface area contributed by atoms with Gasteiger partial charge < -0.3 is 15.5 Å². The number of carbonyl (C=O) groups is 2. The quantitative estimate of drug-likeness (QED) is 0.296. The first-order chi connectivity index (χ1) is 19.6. The standard InChI is InChI=1S/C35H34N2O4/c1-23-30(14-9-17-36-23)37-32(39)25-15-16-29-28(18-25)31(38)19-27-21-35(41,26-12-7-4-8-13-26)33(2,40)22-34(27,29)20-24-10-5-3-6-11-24/h3-18,27,40-41H,19-22H2,1-2H3,(H,37,39)/t27-,33-,34?,35-/m1/s1. The van der Waals surface area contributed by atoms with Crippen molar-refractivity contribution in [3.05, 3.63) is 131 Å². The van der Waals surface area contributed by atoms with Gasteiger partial charge >= 0.3 is 0 Å². The zero-order valence-corrected chi connectivity index (χ0v) is 23.3. The maximum atomic E-state index is 13.7. The largest absolute Gasteiger partial charge is 0.387 e. The Balaban J connectivity index is 1.45. The van der Waals surface area contributed by atoms with E-state index in [0.717, 1.165) is 11.1 Å². The number of pyridine rings is 1. The molecule has 1 saturated carbocycles. The third-order valence-corrected chi connectivity index (χ3v) is 9.29. The molecule has 3 aromatic carbocycles. The number of benzene rings is 3. The van der Waals surface area contributed by atoms with Gasteiger partial charge in [0.1, 0.15) is 5.60 Å². The van der Waals surface area contributed by atoms with E-state index in [2.05, 4.69) is 22.4 Å². The van der Waals surface area contributed by atoms with Crippen molar-refractivity contribution in [3.63, 3.8) is 0 Å². The van der Waals surface area contributed by atoms with Gasteiger partial charge in [0, 0.05) is 29.2 Å². The highest BCUT2D eigenvalue weighted by Gasteiger charge is 2.62. The van der Waals surface area contributed by atoms with Crippen LogP contribution in [0.5, 0.6) is 0 Å². The molecule has 0 radical (unpaired) electrons. The third-order valence-electron chi connectivity index (χ3n) is 9.29. The summed E-state index contributed by atoms with van der Waals surface area (Å²) in [7, 11) is 0. The lowest BCUT2D eigenvalue weighted by Crippen LogP contribution is -2.63. The van der Waals surface area contributed by atoms with Crippen LogP contribution in [0.3, 0.4) is 0 Å². The maximum absolute atomic E-state index is 13.7. The Kier molecular flexibility index (Phi) is 6.63. The fraction of sp³-hybridized carbons (Fsp3) is 0.286. The second kappa shape index (κ2) is 10.1. The molecule has 4 aromatic rings. The van der Waals surface area contributed by atoms with Crippen LogP contribution in [0, 0.1) is 12.8 Å². The first-order valence-corrected chi connectivity index (χ1v) is 14.1. The average molecular weight is 547 g/mol. The van der Waals surface area contributed by atoms with Crippen LogP contribution >= 0.6 is 0 Å². The predicted molar refractivity (Wildman–Crippen MR) is 158 cm³/mol. The summed E-state index contributed by atoms with van der Waals surface area (Å²) in [4.78, 5) is 31.2. The number of Topliss-reactive ketones (excluding diaryl/α,β-unsaturated/α-hetero) is 1. The number of nitrogens with zero attached hydrogens (tertiary/aromatic N) is 1. The molecular weight excluding hydrogens is 512 g/mol. The summed E-state index contributed by atoms with van der Waals surface area (Å²) in [6.07, 6.45) is 2.98.